The summed E-state index contributed by atoms with van der Waals surface area (Å²) in [5.74, 6) is 0. The van der Waals surface area contributed by atoms with Gasteiger partial charge in [-0.2, -0.15) is 135 Å². The van der Waals surface area contributed by atoms with Gasteiger partial charge in [0.1, 0.15) is 0 Å². The fourth-order valence-electron chi connectivity index (χ4n) is 1.000. The Morgan fingerprint density at radius 3 is 0.375 bits per heavy atom. The molecule has 0 aromatic rings. The normalized spacial score (nSPS) is 4.50. The van der Waals surface area contributed by atoms with Gasteiger partial charge in [-0.1, -0.05) is 79.1 Å². The zero-order valence-corrected chi connectivity index (χ0v) is 43.5. The van der Waals surface area contributed by atoms with Gasteiger partial charge in [-0.05, 0) is 21.9 Å². The summed E-state index contributed by atoms with van der Waals surface area (Å²) in [5, 5.41) is 0. The molecule has 40 heavy (non-hydrogen) atoms. The fraction of sp³-hybridized carbons (Fsp3) is 1.00. The van der Waals surface area contributed by atoms with Crippen molar-refractivity contribution in [3.8, 4) is 0 Å². The smallest absolute Gasteiger partial charge is 0.0149 e. The molecule has 0 amide bonds. The van der Waals surface area contributed by atoms with Crippen molar-refractivity contribution < 1.29 is 9.41 Å². The Labute approximate surface area is 347 Å². The van der Waals surface area contributed by atoms with E-state index in [1.54, 1.807) is 0 Å². The summed E-state index contributed by atoms with van der Waals surface area (Å²) in [5.41, 5.74) is 0. The topological polar surface area (TPSA) is 210 Å². The molecule has 0 fully saturated rings. The van der Waals surface area contributed by atoms with E-state index in [2.05, 4.69) is 57.3 Å². The second kappa shape index (κ2) is 224. The molecule has 0 atom stereocenters. The maximum atomic E-state index is 2.38. The third-order valence-electron chi connectivity index (χ3n) is 1.91. The van der Waals surface area contributed by atoms with Gasteiger partial charge in [0, 0.05) is 0 Å². The van der Waals surface area contributed by atoms with Crippen LogP contribution in [0.4, 0.5) is 9.41 Å². The number of rotatable bonds is 6. The predicted molar refractivity (Wildman–Crippen MR) is 271 cm³/mol. The molecule has 0 aromatic carbocycles. The van der Waals surface area contributed by atoms with Crippen LogP contribution in [0.25, 0.3) is 0 Å². The fourth-order valence-corrected chi connectivity index (χ4v) is 1.000. The Morgan fingerprint density at radius 1 is 0.300 bits per heavy atom. The molecule has 6 nitrogen and oxygen atoms in total. The van der Waals surface area contributed by atoms with Gasteiger partial charge < -0.3 is 36.9 Å². The van der Waals surface area contributed by atoms with Crippen LogP contribution in [0.5, 0.6) is 0 Å². The molecule has 0 radical (unpaired) electrons. The van der Waals surface area contributed by atoms with Gasteiger partial charge in [-0.3, -0.25) is 9.41 Å². The van der Waals surface area contributed by atoms with E-state index in [0.29, 0.717) is 0 Å². The van der Waals surface area contributed by atoms with Crippen LogP contribution in [-0.2, 0) is 0 Å². The zero-order valence-electron chi connectivity index (χ0n) is 26.9. The largest absolute Gasteiger partial charge is 0.0149 e. The number of unbranched alkanes of at least 4 members (excludes halogenated alkanes) is 6. The Morgan fingerprint density at radius 2 is 0.350 bits per heavy atom. The van der Waals surface area contributed by atoms with Crippen molar-refractivity contribution in [3.05, 3.63) is 0 Å². The van der Waals surface area contributed by atoms with Crippen LogP contribution in [0, 0.1) is 0 Å². The Bertz CT molecular complexity index is 158. The SMILES string of the molecule is CCCCCC.CCCCCC.F.F.N.N.N.N.N.N.S.S.S.S.S.S.S.S.S.S.[CH3][SnH]([CH3])[CH3].[CH3][SnH]([CH3])[CH3].[SiH4].[SiH4]. The van der Waals surface area contributed by atoms with Crippen LogP contribution >= 0.6 is 135 Å². The summed E-state index contributed by atoms with van der Waals surface area (Å²) in [6.07, 6.45) is 11.1. The summed E-state index contributed by atoms with van der Waals surface area (Å²) < 4.78 is 0. The molecule has 288 valence electrons. The van der Waals surface area contributed by atoms with Crippen LogP contribution in [0.2, 0.25) is 29.6 Å². The molecular weight excluding hydrogens is 952 g/mol. The van der Waals surface area contributed by atoms with E-state index in [1.807, 2.05) is 0 Å². The molecule has 0 aliphatic heterocycles. The van der Waals surface area contributed by atoms with Crippen molar-refractivity contribution >= 4 is 196 Å². The van der Waals surface area contributed by atoms with E-state index in [0.717, 1.165) is 0 Å². The number of hydrogen-bond acceptors (Lipinski definition) is 6. The number of hydrogen-bond donors (Lipinski definition) is 6. The molecule has 0 heterocycles. The predicted octanol–water partition coefficient (Wildman–Crippen LogP) is 6.88. The second-order valence-corrected chi connectivity index (χ2v) is 26.7. The van der Waals surface area contributed by atoms with Crippen molar-refractivity contribution in [2.24, 2.45) is 0 Å². The second-order valence-electron chi connectivity index (χ2n) is 6.88. The van der Waals surface area contributed by atoms with Crippen LogP contribution in [0.15, 0.2) is 0 Å². The minimum atomic E-state index is -0.637. The van der Waals surface area contributed by atoms with Gasteiger partial charge in [0.15, 0.2) is 0 Å². The van der Waals surface area contributed by atoms with Crippen LogP contribution < -0.4 is 36.9 Å². The van der Waals surface area contributed by atoms with Gasteiger partial charge in [0.2, 0.25) is 0 Å². The van der Waals surface area contributed by atoms with Crippen molar-refractivity contribution in [1.29, 1.82) is 0 Å². The van der Waals surface area contributed by atoms with Crippen molar-refractivity contribution in [2.75, 3.05) is 0 Å². The molecule has 0 saturated heterocycles. The first kappa shape index (κ1) is 197. The van der Waals surface area contributed by atoms with Gasteiger partial charge >= 0.3 is 69.2 Å². The maximum Gasteiger partial charge on any atom is -0.0149 e. The van der Waals surface area contributed by atoms with E-state index in [1.165, 1.54) is 51.4 Å². The van der Waals surface area contributed by atoms with Crippen LogP contribution in [0.1, 0.15) is 79.1 Å². The molecule has 0 saturated carbocycles. The first-order chi connectivity index (χ1) is 9.29. The summed E-state index contributed by atoms with van der Waals surface area (Å²) >= 11 is -1.27. The molecule has 22 heteroatoms. The Hall–Kier alpha value is 5.15. The average molecular weight is 1050 g/mol. The van der Waals surface area contributed by atoms with E-state index >= 15 is 0 Å². The van der Waals surface area contributed by atoms with Gasteiger partial charge in [0.05, 0.1) is 0 Å². The third-order valence-corrected chi connectivity index (χ3v) is 1.91. The quantitative estimate of drug-likeness (QED) is 0.123. The van der Waals surface area contributed by atoms with E-state index in [9.17, 15) is 0 Å². The van der Waals surface area contributed by atoms with Gasteiger partial charge in [-0.25, -0.2) is 0 Å². The first-order valence-corrected chi connectivity index (χ1v) is 29.1. The standard InChI is InChI=1S/2C6H14.6CH3.2FH.6H3N.10H2S.2H4Si.2Sn.2H/c2*1-3-5-6-4-2;;;;;;;;;;;;;;;;;;;;;;;;;;;;;;/h2*3-6H2,1-2H3;6*1H3;2*1H;6*1H3;10*1H2;2*1H4;;;;. The van der Waals surface area contributed by atoms with E-state index in [-0.39, 0.29) is 203 Å². The molecular formula is C18H96F2N6S10Si2Sn2. The summed E-state index contributed by atoms with van der Waals surface area (Å²) in [4.78, 5) is 14.3. The molecule has 0 aliphatic carbocycles. The van der Waals surface area contributed by atoms with Crippen molar-refractivity contribution in [1.82, 2.24) is 36.9 Å². The van der Waals surface area contributed by atoms with Gasteiger partial charge in [-0.15, -0.1) is 0 Å². The minimum Gasteiger partial charge on any atom is -0.0149 e. The monoisotopic (exact) mass is 1050 g/mol. The van der Waals surface area contributed by atoms with Crippen molar-refractivity contribution in [3.63, 3.8) is 0 Å². The molecule has 0 aliphatic rings. The summed E-state index contributed by atoms with van der Waals surface area (Å²) in [7, 11) is 0. The zero-order chi connectivity index (χ0) is 16.8. The van der Waals surface area contributed by atoms with Gasteiger partial charge in [0.25, 0.3) is 0 Å². The minimum absolute atomic E-state index is 0. The van der Waals surface area contributed by atoms with E-state index in [4.69, 9.17) is 0 Å². The molecule has 0 rings (SSSR count). The average Bonchev–Trinajstić information content (AvgIpc) is 2.33. The summed E-state index contributed by atoms with van der Waals surface area (Å²) in [6.45, 7) is 8.93. The van der Waals surface area contributed by atoms with Crippen molar-refractivity contribution in [2.45, 2.75) is 109 Å². The van der Waals surface area contributed by atoms with Crippen LogP contribution in [-0.4, -0.2) is 61.4 Å². The first-order valence-electron chi connectivity index (χ1n) is 9.29. The Balaban J connectivity index is -0.00000000335. The Kier molecular flexibility index (Phi) is 1100. The molecule has 0 aromatic heterocycles. The third kappa shape index (κ3) is 617. The molecule has 18 N–H and O–H groups in total. The summed E-state index contributed by atoms with van der Waals surface area (Å²) in [6, 6.07) is 0. The van der Waals surface area contributed by atoms with E-state index < -0.39 is 39.5 Å². The maximum absolute atomic E-state index is 2.38. The molecule has 0 spiro atoms. The molecule has 0 bridgehead atoms. The molecule has 0 unspecified atom stereocenters. The number of halogens is 2. The van der Waals surface area contributed by atoms with Crippen LogP contribution in [0.3, 0.4) is 0 Å².